The molecule has 2 rings (SSSR count). The first-order valence-corrected chi connectivity index (χ1v) is 6.24. The Labute approximate surface area is 106 Å². The lowest BCUT2D eigenvalue weighted by Crippen LogP contribution is -2.24. The van der Waals surface area contributed by atoms with E-state index in [2.05, 4.69) is 24.0 Å². The van der Waals surface area contributed by atoms with Crippen molar-refractivity contribution in [1.29, 1.82) is 0 Å². The monoisotopic (exact) mass is 255 g/mol. The Balaban J connectivity index is 2.06. The van der Waals surface area contributed by atoms with Crippen LogP contribution in [0, 0.1) is 5.92 Å². The summed E-state index contributed by atoms with van der Waals surface area (Å²) in [6, 6.07) is 8.41. The topological polar surface area (TPSA) is 12.0 Å². The molecule has 1 fully saturated rings. The highest BCUT2D eigenvalue weighted by Crippen LogP contribution is 2.41. The van der Waals surface area contributed by atoms with Crippen molar-refractivity contribution in [3.8, 4) is 0 Å². The summed E-state index contributed by atoms with van der Waals surface area (Å²) in [4.78, 5) is 0. The van der Waals surface area contributed by atoms with Crippen LogP contribution >= 0.6 is 23.2 Å². The maximum atomic E-state index is 5.88. The van der Waals surface area contributed by atoms with Crippen molar-refractivity contribution >= 4 is 23.2 Å². The van der Waals surface area contributed by atoms with E-state index in [4.69, 9.17) is 23.2 Å². The number of nitrogens with one attached hydrogen (secondary N) is 1. The largest absolute Gasteiger partial charge is 0.305 e. The lowest BCUT2D eigenvalue weighted by atomic mass is 10.0. The fourth-order valence-electron chi connectivity index (χ4n) is 1.88. The Bertz CT molecular complexity index is 368. The van der Waals surface area contributed by atoms with E-state index in [1.54, 1.807) is 0 Å². The Morgan fingerprint density at radius 2 is 2.00 bits per heavy atom. The smallest absolute Gasteiger partial charge is 0.0406 e. The summed E-state index contributed by atoms with van der Waals surface area (Å²) >= 11 is 11.7. The van der Waals surface area contributed by atoms with Gasteiger partial charge in [0.2, 0.25) is 0 Å². The molecule has 0 amide bonds. The molecule has 1 atom stereocenters. The molecule has 1 saturated carbocycles. The average Bonchev–Trinajstić information content (AvgIpc) is 3.04. The molecular weight excluding hydrogens is 241 g/mol. The lowest BCUT2D eigenvalue weighted by molar-refractivity contribution is 0.506. The standard InChI is InChI=1S/C13H15Cl2N/c1-9(14)8-16-13(10-2-3-10)11-4-6-12(15)7-5-11/h4-7,10,13,16H,1-3,8H2. The van der Waals surface area contributed by atoms with E-state index in [9.17, 15) is 0 Å². The van der Waals surface area contributed by atoms with Gasteiger partial charge in [0, 0.05) is 22.6 Å². The van der Waals surface area contributed by atoms with E-state index >= 15 is 0 Å². The van der Waals surface area contributed by atoms with Gasteiger partial charge in [-0.25, -0.2) is 0 Å². The van der Waals surface area contributed by atoms with Crippen LogP contribution in [0.15, 0.2) is 35.9 Å². The summed E-state index contributed by atoms with van der Waals surface area (Å²) in [5, 5.41) is 4.87. The van der Waals surface area contributed by atoms with Crippen molar-refractivity contribution in [1.82, 2.24) is 5.32 Å². The summed E-state index contributed by atoms with van der Waals surface area (Å²) in [5.74, 6) is 0.734. The van der Waals surface area contributed by atoms with Gasteiger partial charge in [-0.15, -0.1) is 0 Å². The van der Waals surface area contributed by atoms with Crippen molar-refractivity contribution in [3.63, 3.8) is 0 Å². The van der Waals surface area contributed by atoms with E-state index in [0.29, 0.717) is 17.6 Å². The zero-order valence-corrected chi connectivity index (χ0v) is 10.6. The SMILES string of the molecule is C=C(Cl)CNC(c1ccc(Cl)cc1)C1CC1. The number of benzene rings is 1. The fraction of sp³-hybridized carbons (Fsp3) is 0.385. The van der Waals surface area contributed by atoms with E-state index in [1.807, 2.05) is 12.1 Å². The van der Waals surface area contributed by atoms with E-state index in [0.717, 1.165) is 10.9 Å². The second-order valence-electron chi connectivity index (χ2n) is 4.26. The molecule has 1 aromatic carbocycles. The molecule has 0 aromatic heterocycles. The first-order chi connectivity index (χ1) is 7.66. The third-order valence-electron chi connectivity index (χ3n) is 2.84. The maximum absolute atomic E-state index is 5.88. The van der Waals surface area contributed by atoms with Crippen molar-refractivity contribution in [2.75, 3.05) is 6.54 Å². The van der Waals surface area contributed by atoms with Crippen LogP contribution in [-0.2, 0) is 0 Å². The predicted octanol–water partition coefficient (Wildman–Crippen LogP) is 4.13. The van der Waals surface area contributed by atoms with Gasteiger partial charge in [-0.3, -0.25) is 0 Å². The summed E-state index contributed by atoms with van der Waals surface area (Å²) < 4.78 is 0. The zero-order chi connectivity index (χ0) is 11.5. The van der Waals surface area contributed by atoms with Crippen LogP contribution in [0.25, 0.3) is 0 Å². The highest BCUT2D eigenvalue weighted by atomic mass is 35.5. The normalized spacial score (nSPS) is 17.1. The Morgan fingerprint density at radius 1 is 1.38 bits per heavy atom. The third-order valence-corrected chi connectivity index (χ3v) is 3.22. The van der Waals surface area contributed by atoms with Gasteiger partial charge in [-0.1, -0.05) is 41.9 Å². The van der Waals surface area contributed by atoms with E-state index in [-0.39, 0.29) is 0 Å². The van der Waals surface area contributed by atoms with Crippen LogP contribution in [0.4, 0.5) is 0 Å². The molecule has 1 unspecified atom stereocenters. The Hall–Kier alpha value is -0.500. The van der Waals surface area contributed by atoms with Crippen LogP contribution < -0.4 is 5.32 Å². The lowest BCUT2D eigenvalue weighted by Gasteiger charge is -2.18. The van der Waals surface area contributed by atoms with Gasteiger partial charge in [-0.2, -0.15) is 0 Å². The summed E-state index contributed by atoms with van der Waals surface area (Å²) in [6.07, 6.45) is 2.57. The van der Waals surface area contributed by atoms with Gasteiger partial charge >= 0.3 is 0 Å². The molecular formula is C13H15Cl2N. The molecule has 0 saturated heterocycles. The van der Waals surface area contributed by atoms with Crippen molar-refractivity contribution in [2.45, 2.75) is 18.9 Å². The summed E-state index contributed by atoms with van der Waals surface area (Å²) in [6.45, 7) is 4.35. The minimum absolute atomic E-state index is 0.382. The molecule has 0 bridgehead atoms. The molecule has 16 heavy (non-hydrogen) atoms. The molecule has 0 radical (unpaired) electrons. The maximum Gasteiger partial charge on any atom is 0.0406 e. The highest BCUT2D eigenvalue weighted by molar-refractivity contribution is 6.30. The predicted molar refractivity (Wildman–Crippen MR) is 69.9 cm³/mol. The van der Waals surface area contributed by atoms with Gasteiger partial charge < -0.3 is 5.32 Å². The fourth-order valence-corrected chi connectivity index (χ4v) is 2.08. The molecule has 1 nitrogen and oxygen atoms in total. The van der Waals surface area contributed by atoms with Crippen LogP contribution in [0.3, 0.4) is 0 Å². The minimum atomic E-state index is 0.382. The van der Waals surface area contributed by atoms with E-state index in [1.165, 1.54) is 18.4 Å². The molecule has 0 aliphatic heterocycles. The molecule has 3 heteroatoms. The molecule has 1 aliphatic carbocycles. The van der Waals surface area contributed by atoms with Crippen molar-refractivity contribution in [2.24, 2.45) is 5.92 Å². The quantitative estimate of drug-likeness (QED) is 0.835. The molecule has 0 heterocycles. The first-order valence-electron chi connectivity index (χ1n) is 5.49. The summed E-state index contributed by atoms with van der Waals surface area (Å²) in [7, 11) is 0. The third kappa shape index (κ3) is 3.24. The Kier molecular flexibility index (Phi) is 3.91. The van der Waals surface area contributed by atoms with E-state index < -0.39 is 0 Å². The minimum Gasteiger partial charge on any atom is -0.305 e. The van der Waals surface area contributed by atoms with Crippen LogP contribution in [0.1, 0.15) is 24.4 Å². The van der Waals surface area contributed by atoms with Gasteiger partial charge in [-0.05, 0) is 36.5 Å². The number of hydrogen-bond donors (Lipinski definition) is 1. The molecule has 1 aliphatic rings. The highest BCUT2D eigenvalue weighted by Gasteiger charge is 2.31. The first kappa shape index (κ1) is 12.0. The number of halogens is 2. The van der Waals surface area contributed by atoms with Crippen LogP contribution in [-0.4, -0.2) is 6.54 Å². The number of rotatable bonds is 5. The van der Waals surface area contributed by atoms with Gasteiger partial charge in [0.25, 0.3) is 0 Å². The second kappa shape index (κ2) is 5.22. The second-order valence-corrected chi connectivity index (χ2v) is 5.24. The molecule has 86 valence electrons. The Morgan fingerprint density at radius 3 is 2.50 bits per heavy atom. The van der Waals surface area contributed by atoms with Crippen molar-refractivity contribution < 1.29 is 0 Å². The number of hydrogen-bond acceptors (Lipinski definition) is 1. The average molecular weight is 256 g/mol. The molecule has 1 N–H and O–H groups in total. The van der Waals surface area contributed by atoms with Gasteiger partial charge in [0.1, 0.15) is 0 Å². The van der Waals surface area contributed by atoms with Crippen LogP contribution in [0.5, 0.6) is 0 Å². The van der Waals surface area contributed by atoms with Gasteiger partial charge in [0.15, 0.2) is 0 Å². The summed E-state index contributed by atoms with van der Waals surface area (Å²) in [5.41, 5.74) is 1.28. The van der Waals surface area contributed by atoms with Gasteiger partial charge in [0.05, 0.1) is 0 Å². The molecule has 0 spiro atoms. The zero-order valence-electron chi connectivity index (χ0n) is 9.05. The van der Waals surface area contributed by atoms with Crippen molar-refractivity contribution in [3.05, 3.63) is 46.5 Å². The molecule has 1 aromatic rings. The van der Waals surface area contributed by atoms with Crippen LogP contribution in [0.2, 0.25) is 5.02 Å².